The first-order valence-corrected chi connectivity index (χ1v) is 7.59. The fourth-order valence-corrected chi connectivity index (χ4v) is 2.05. The number of benzene rings is 1. The van der Waals surface area contributed by atoms with Crippen molar-refractivity contribution < 1.29 is 62.2 Å². The third-order valence-electron chi connectivity index (χ3n) is 3.77. The number of hydrogen-bond acceptors (Lipinski definition) is 1. The molecule has 0 bridgehead atoms. The lowest BCUT2D eigenvalue weighted by Gasteiger charge is -2.40. The van der Waals surface area contributed by atoms with Gasteiger partial charge in [-0.15, -0.1) is 0 Å². The van der Waals surface area contributed by atoms with Crippen LogP contribution in [0.3, 0.4) is 0 Å². The number of halogens is 13. The van der Waals surface area contributed by atoms with Crippen LogP contribution in [0, 0.1) is 0 Å². The van der Waals surface area contributed by atoms with E-state index in [1.165, 1.54) is 30.3 Å². The second-order valence-electron chi connectivity index (χ2n) is 6.04. The Balaban J connectivity index is 3.20. The van der Waals surface area contributed by atoms with Gasteiger partial charge in [0.2, 0.25) is 0 Å². The highest BCUT2D eigenvalue weighted by atomic mass is 19.4. The zero-order valence-electron chi connectivity index (χ0n) is 14.2. The van der Waals surface area contributed by atoms with Crippen molar-refractivity contribution in [2.24, 2.45) is 0 Å². The van der Waals surface area contributed by atoms with E-state index in [1.807, 2.05) is 0 Å². The van der Waals surface area contributed by atoms with Crippen molar-refractivity contribution in [1.82, 2.24) is 0 Å². The molecule has 1 nitrogen and oxygen atoms in total. The summed E-state index contributed by atoms with van der Waals surface area (Å²) in [5.74, 6) is -37.3. The van der Waals surface area contributed by atoms with Gasteiger partial charge in [-0.1, -0.05) is 42.5 Å². The Morgan fingerprint density at radius 1 is 0.667 bits per heavy atom. The molecule has 0 heterocycles. The van der Waals surface area contributed by atoms with Gasteiger partial charge in [0.25, 0.3) is 0 Å². The van der Waals surface area contributed by atoms with Gasteiger partial charge in [-0.3, -0.25) is 0 Å². The molecule has 14 heteroatoms. The van der Waals surface area contributed by atoms with E-state index in [9.17, 15) is 62.2 Å². The highest BCUT2D eigenvalue weighted by molar-refractivity contribution is 5.49. The normalized spacial score (nSPS) is 16.2. The molecule has 0 amide bonds. The Kier molecular flexibility index (Phi) is 6.88. The Bertz CT molecular complexity index is 737. The Hall–Kier alpha value is -1.99. The summed E-state index contributed by atoms with van der Waals surface area (Å²) in [6.45, 7) is 0. The number of alkyl halides is 13. The van der Waals surface area contributed by atoms with Crippen molar-refractivity contribution >= 4 is 6.08 Å². The molecule has 0 aliphatic carbocycles. The minimum atomic E-state index is -7.95. The van der Waals surface area contributed by atoms with Gasteiger partial charge in [-0.05, 0) is 5.56 Å². The largest absolute Gasteiger partial charge is 0.460 e. The van der Waals surface area contributed by atoms with Gasteiger partial charge < -0.3 is 5.11 Å². The van der Waals surface area contributed by atoms with E-state index in [4.69, 9.17) is 0 Å². The summed E-state index contributed by atoms with van der Waals surface area (Å²) in [6.07, 6.45) is -11.6. The maximum atomic E-state index is 13.6. The molecule has 172 valence electrons. The molecule has 0 fully saturated rings. The van der Waals surface area contributed by atoms with Crippen LogP contribution in [0.15, 0.2) is 36.4 Å². The van der Waals surface area contributed by atoms with Gasteiger partial charge in [0.05, 0.1) is 6.10 Å². The predicted molar refractivity (Wildman–Crippen MR) is 76.9 cm³/mol. The summed E-state index contributed by atoms with van der Waals surface area (Å²) in [6, 6.07) is 6.98. The summed E-state index contributed by atoms with van der Waals surface area (Å²) < 4.78 is 168. The smallest absolute Gasteiger partial charge is 0.389 e. The zero-order chi connectivity index (χ0) is 23.8. The molecule has 0 saturated carbocycles. The molecule has 1 atom stereocenters. The summed E-state index contributed by atoms with van der Waals surface area (Å²) in [5, 5.41) is 9.31. The molecule has 1 unspecified atom stereocenters. The molecule has 30 heavy (non-hydrogen) atoms. The monoisotopic (exact) mass is 466 g/mol. The molecule has 0 aliphatic rings. The van der Waals surface area contributed by atoms with Crippen LogP contribution in [-0.4, -0.2) is 47.0 Å². The van der Waals surface area contributed by atoms with Crippen LogP contribution in [0.4, 0.5) is 57.1 Å². The quantitative estimate of drug-likeness (QED) is 0.453. The number of aliphatic hydroxyl groups excluding tert-OH is 1. The van der Waals surface area contributed by atoms with Gasteiger partial charge in [0.15, 0.2) is 0 Å². The summed E-state index contributed by atoms with van der Waals surface area (Å²) in [4.78, 5) is 0. The van der Waals surface area contributed by atoms with Crippen molar-refractivity contribution in [3.8, 4) is 0 Å². The molecular weight excluding hydrogens is 455 g/mol. The van der Waals surface area contributed by atoms with Crippen LogP contribution in [-0.2, 0) is 0 Å². The van der Waals surface area contributed by atoms with E-state index in [-0.39, 0.29) is 5.56 Å². The van der Waals surface area contributed by atoms with Crippen LogP contribution in [0.1, 0.15) is 12.0 Å². The lowest BCUT2D eigenvalue weighted by Crippen LogP contribution is -2.70. The minimum Gasteiger partial charge on any atom is -0.389 e. The lowest BCUT2D eigenvalue weighted by molar-refractivity contribution is -0.440. The summed E-state index contributed by atoms with van der Waals surface area (Å²) in [7, 11) is 0. The maximum absolute atomic E-state index is 13.6. The molecule has 1 N–H and O–H groups in total. The molecule has 0 saturated heterocycles. The first kappa shape index (κ1) is 26.0. The van der Waals surface area contributed by atoms with E-state index < -0.39 is 48.3 Å². The van der Waals surface area contributed by atoms with Gasteiger partial charge >= 0.3 is 35.8 Å². The fourth-order valence-electron chi connectivity index (χ4n) is 2.05. The van der Waals surface area contributed by atoms with Crippen molar-refractivity contribution in [3.05, 3.63) is 42.0 Å². The van der Waals surface area contributed by atoms with E-state index in [1.54, 1.807) is 0 Å². The van der Waals surface area contributed by atoms with E-state index in [2.05, 4.69) is 0 Å². The van der Waals surface area contributed by atoms with Gasteiger partial charge in [0, 0.05) is 6.42 Å². The molecule has 0 spiro atoms. The third-order valence-corrected chi connectivity index (χ3v) is 3.77. The molecular formula is C16H11F13O. The second-order valence-corrected chi connectivity index (χ2v) is 6.04. The van der Waals surface area contributed by atoms with Gasteiger partial charge in [0.1, 0.15) is 0 Å². The van der Waals surface area contributed by atoms with Crippen LogP contribution in [0.25, 0.3) is 6.08 Å². The molecule has 0 radical (unpaired) electrons. The topological polar surface area (TPSA) is 20.2 Å². The van der Waals surface area contributed by atoms with E-state index >= 15 is 0 Å². The number of hydrogen-bond donors (Lipinski definition) is 1. The fraction of sp³-hybridized carbons (Fsp3) is 0.500. The molecule has 1 aromatic carbocycles. The van der Waals surface area contributed by atoms with Crippen molar-refractivity contribution in [1.29, 1.82) is 0 Å². The number of rotatable bonds is 8. The van der Waals surface area contributed by atoms with E-state index in [0.717, 1.165) is 6.08 Å². The number of aliphatic hydroxyl groups is 1. The first-order valence-electron chi connectivity index (χ1n) is 7.59. The molecule has 0 aromatic heterocycles. The van der Waals surface area contributed by atoms with Gasteiger partial charge in [-0.25, -0.2) is 0 Å². The van der Waals surface area contributed by atoms with Crippen LogP contribution in [0.5, 0.6) is 0 Å². The summed E-state index contributed by atoms with van der Waals surface area (Å²) >= 11 is 0. The standard InChI is InChI=1S/C16H11F13O/c17-11(18,8-10(30)7-6-9-4-2-1-3-5-9)12(19,20)13(21,22)14(23,24)15(25,26)16(27,28)29/h1-7,10,30H,8H2/b7-6+. The third kappa shape index (κ3) is 4.37. The molecule has 1 rings (SSSR count). The van der Waals surface area contributed by atoms with Crippen LogP contribution >= 0.6 is 0 Å². The van der Waals surface area contributed by atoms with Crippen LogP contribution < -0.4 is 0 Å². The zero-order valence-corrected chi connectivity index (χ0v) is 14.2. The average molecular weight is 466 g/mol. The predicted octanol–water partition coefficient (Wildman–Crippen LogP) is 6.19. The van der Waals surface area contributed by atoms with Gasteiger partial charge in [-0.2, -0.15) is 57.1 Å². The SMILES string of the molecule is OC(/C=C/c1ccccc1)CC(F)(F)C(F)(F)C(F)(F)C(F)(F)C(F)(F)C(F)(F)F. The van der Waals surface area contributed by atoms with Crippen molar-refractivity contribution in [2.45, 2.75) is 48.3 Å². The highest BCUT2D eigenvalue weighted by Crippen LogP contribution is 2.60. The van der Waals surface area contributed by atoms with Crippen molar-refractivity contribution in [2.75, 3.05) is 0 Å². The highest BCUT2D eigenvalue weighted by Gasteiger charge is 2.90. The Morgan fingerprint density at radius 3 is 1.53 bits per heavy atom. The first-order chi connectivity index (χ1) is 13.2. The second kappa shape index (κ2) is 7.93. The molecule has 1 aromatic rings. The van der Waals surface area contributed by atoms with Crippen molar-refractivity contribution in [3.63, 3.8) is 0 Å². The Labute approximate surface area is 159 Å². The Morgan fingerprint density at radius 2 is 1.10 bits per heavy atom. The average Bonchev–Trinajstić information content (AvgIpc) is 2.58. The summed E-state index contributed by atoms with van der Waals surface area (Å²) in [5.41, 5.74) is 0.202. The lowest BCUT2D eigenvalue weighted by atomic mass is 9.91. The van der Waals surface area contributed by atoms with Crippen LogP contribution in [0.2, 0.25) is 0 Å². The van der Waals surface area contributed by atoms with E-state index in [0.29, 0.717) is 6.08 Å². The molecule has 0 aliphatic heterocycles. The maximum Gasteiger partial charge on any atom is 0.460 e. The minimum absolute atomic E-state index is 0.202.